The number of rotatable bonds is 5. The van der Waals surface area contributed by atoms with E-state index in [1.807, 2.05) is 29.9 Å². The van der Waals surface area contributed by atoms with Gasteiger partial charge in [-0.2, -0.15) is 0 Å². The minimum absolute atomic E-state index is 0.0533. The first-order valence-electron chi connectivity index (χ1n) is 8.37. The first-order valence-corrected chi connectivity index (χ1v) is 8.37. The predicted octanol–water partition coefficient (Wildman–Crippen LogP) is 0.991. The largest absolute Gasteiger partial charge is 0.351 e. The maximum Gasteiger partial charge on any atom is 0.234 e. The molecule has 1 fully saturated rings. The number of benzene rings is 1. The van der Waals surface area contributed by atoms with Crippen LogP contribution in [0, 0.1) is 6.92 Å². The lowest BCUT2D eigenvalue weighted by Crippen LogP contribution is -2.50. The molecule has 1 aliphatic rings. The Labute approximate surface area is 142 Å². The molecule has 2 heterocycles. The Hall–Kier alpha value is -2.18. The predicted molar refractivity (Wildman–Crippen MR) is 93.4 cm³/mol. The van der Waals surface area contributed by atoms with Gasteiger partial charge < -0.3 is 15.2 Å². The van der Waals surface area contributed by atoms with Crippen molar-refractivity contribution in [3.8, 4) is 0 Å². The summed E-state index contributed by atoms with van der Waals surface area (Å²) in [5, 5.41) is 6.42. The van der Waals surface area contributed by atoms with Crippen LogP contribution < -0.4 is 10.6 Å². The van der Waals surface area contributed by atoms with Crippen molar-refractivity contribution < 1.29 is 4.79 Å². The Kier molecular flexibility index (Phi) is 5.27. The van der Waals surface area contributed by atoms with Crippen molar-refractivity contribution in [1.29, 1.82) is 0 Å². The molecule has 1 saturated heterocycles. The summed E-state index contributed by atoms with van der Waals surface area (Å²) in [7, 11) is 1.99. The lowest BCUT2D eigenvalue weighted by atomic mass is 10.1. The van der Waals surface area contributed by atoms with Gasteiger partial charge in [-0.15, -0.1) is 0 Å². The fraction of sp³-hybridized carbons (Fsp3) is 0.444. The highest BCUT2D eigenvalue weighted by Crippen LogP contribution is 2.19. The molecule has 1 atom stereocenters. The van der Waals surface area contributed by atoms with E-state index in [1.165, 1.54) is 5.56 Å². The van der Waals surface area contributed by atoms with Crippen LogP contribution in [0.2, 0.25) is 0 Å². The molecule has 128 valence electrons. The van der Waals surface area contributed by atoms with Crippen LogP contribution in [0.4, 0.5) is 0 Å². The van der Waals surface area contributed by atoms with Crippen LogP contribution >= 0.6 is 0 Å². The molecule has 24 heavy (non-hydrogen) atoms. The highest BCUT2D eigenvalue weighted by atomic mass is 16.2. The van der Waals surface area contributed by atoms with Crippen LogP contribution in [-0.2, 0) is 18.4 Å². The van der Waals surface area contributed by atoms with Crippen molar-refractivity contribution in [2.24, 2.45) is 7.05 Å². The van der Waals surface area contributed by atoms with E-state index < -0.39 is 0 Å². The Morgan fingerprint density at radius 2 is 2.33 bits per heavy atom. The van der Waals surface area contributed by atoms with Gasteiger partial charge in [0.15, 0.2) is 0 Å². The summed E-state index contributed by atoms with van der Waals surface area (Å²) in [6, 6.07) is 8.34. The third-order valence-electron chi connectivity index (χ3n) is 4.43. The van der Waals surface area contributed by atoms with E-state index >= 15 is 0 Å². The summed E-state index contributed by atoms with van der Waals surface area (Å²) in [5.74, 6) is 1.05. The summed E-state index contributed by atoms with van der Waals surface area (Å²) in [6.07, 6.45) is 3.75. The number of carbonyl (C=O) groups excluding carboxylic acids is 1. The van der Waals surface area contributed by atoms with Gasteiger partial charge in [0.2, 0.25) is 5.91 Å². The molecule has 0 aliphatic carbocycles. The van der Waals surface area contributed by atoms with Crippen molar-refractivity contribution in [1.82, 2.24) is 25.1 Å². The van der Waals surface area contributed by atoms with Crippen LogP contribution in [0.1, 0.15) is 23.0 Å². The summed E-state index contributed by atoms with van der Waals surface area (Å²) < 4.78 is 2.02. The minimum Gasteiger partial charge on any atom is -0.351 e. The highest BCUT2D eigenvalue weighted by Gasteiger charge is 2.28. The molecule has 3 rings (SSSR count). The number of imidazole rings is 1. The number of hydrogen-bond donors (Lipinski definition) is 2. The Bertz CT molecular complexity index is 696. The van der Waals surface area contributed by atoms with Crippen molar-refractivity contribution in [3.63, 3.8) is 0 Å². The van der Waals surface area contributed by atoms with Gasteiger partial charge in [0, 0.05) is 45.6 Å². The Morgan fingerprint density at radius 1 is 1.46 bits per heavy atom. The molecule has 1 aromatic heterocycles. The van der Waals surface area contributed by atoms with E-state index in [-0.39, 0.29) is 11.9 Å². The number of piperazine rings is 1. The van der Waals surface area contributed by atoms with Gasteiger partial charge in [0.05, 0.1) is 12.6 Å². The van der Waals surface area contributed by atoms with Crippen molar-refractivity contribution in [3.05, 3.63) is 53.6 Å². The van der Waals surface area contributed by atoms with Gasteiger partial charge in [0.1, 0.15) is 5.82 Å². The average Bonchev–Trinajstić information content (AvgIpc) is 2.99. The quantitative estimate of drug-likeness (QED) is 0.860. The molecule has 0 saturated carbocycles. The molecule has 1 unspecified atom stereocenters. The molecule has 1 amide bonds. The van der Waals surface area contributed by atoms with E-state index in [9.17, 15) is 4.79 Å². The Morgan fingerprint density at radius 3 is 3.08 bits per heavy atom. The number of nitrogens with zero attached hydrogens (tertiary/aromatic N) is 3. The molecule has 6 heteroatoms. The number of nitrogens with one attached hydrogen (secondary N) is 2. The standard InChI is InChI=1S/C18H25N5O/c1-14-4-3-5-15(10-14)11-21-17(24)13-23-9-6-19-12-16(23)18-20-7-8-22(18)2/h3-5,7-8,10,16,19H,6,9,11-13H2,1-2H3,(H,21,24). The van der Waals surface area contributed by atoms with E-state index in [4.69, 9.17) is 0 Å². The van der Waals surface area contributed by atoms with E-state index in [2.05, 4.69) is 39.6 Å². The molecule has 2 aromatic rings. The first kappa shape index (κ1) is 16.7. The molecule has 2 N–H and O–H groups in total. The van der Waals surface area contributed by atoms with E-state index in [1.54, 1.807) is 6.20 Å². The van der Waals surface area contributed by atoms with E-state index in [0.717, 1.165) is 31.0 Å². The second-order valence-corrected chi connectivity index (χ2v) is 6.35. The normalized spacial score (nSPS) is 18.5. The van der Waals surface area contributed by atoms with Crippen LogP contribution in [0.5, 0.6) is 0 Å². The molecule has 1 aliphatic heterocycles. The molecular weight excluding hydrogens is 302 g/mol. The van der Waals surface area contributed by atoms with Gasteiger partial charge in [-0.1, -0.05) is 29.8 Å². The van der Waals surface area contributed by atoms with Crippen molar-refractivity contribution in [2.75, 3.05) is 26.2 Å². The second kappa shape index (κ2) is 7.59. The van der Waals surface area contributed by atoms with Crippen LogP contribution in [0.25, 0.3) is 0 Å². The van der Waals surface area contributed by atoms with Gasteiger partial charge in [-0.05, 0) is 12.5 Å². The summed E-state index contributed by atoms with van der Waals surface area (Å²) in [4.78, 5) is 19.0. The zero-order valence-electron chi connectivity index (χ0n) is 14.3. The number of amides is 1. The summed E-state index contributed by atoms with van der Waals surface area (Å²) >= 11 is 0. The zero-order valence-corrected chi connectivity index (χ0v) is 14.3. The zero-order chi connectivity index (χ0) is 16.9. The minimum atomic E-state index is 0.0533. The molecule has 0 spiro atoms. The van der Waals surface area contributed by atoms with Gasteiger partial charge in [-0.3, -0.25) is 9.69 Å². The molecule has 1 aromatic carbocycles. The third-order valence-corrected chi connectivity index (χ3v) is 4.43. The lowest BCUT2D eigenvalue weighted by molar-refractivity contribution is -0.123. The monoisotopic (exact) mass is 327 g/mol. The fourth-order valence-corrected chi connectivity index (χ4v) is 3.15. The van der Waals surface area contributed by atoms with Gasteiger partial charge >= 0.3 is 0 Å². The topological polar surface area (TPSA) is 62.2 Å². The molecular formula is C18H25N5O. The second-order valence-electron chi connectivity index (χ2n) is 6.35. The lowest BCUT2D eigenvalue weighted by Gasteiger charge is -2.35. The van der Waals surface area contributed by atoms with Crippen molar-refractivity contribution in [2.45, 2.75) is 19.5 Å². The van der Waals surface area contributed by atoms with Gasteiger partial charge in [0.25, 0.3) is 0 Å². The van der Waals surface area contributed by atoms with Crippen LogP contribution in [-0.4, -0.2) is 46.5 Å². The van der Waals surface area contributed by atoms with Crippen LogP contribution in [0.15, 0.2) is 36.7 Å². The van der Waals surface area contributed by atoms with E-state index in [0.29, 0.717) is 13.1 Å². The third kappa shape index (κ3) is 4.01. The fourth-order valence-electron chi connectivity index (χ4n) is 3.15. The highest BCUT2D eigenvalue weighted by molar-refractivity contribution is 5.78. The number of hydrogen-bond acceptors (Lipinski definition) is 4. The average molecular weight is 327 g/mol. The maximum absolute atomic E-state index is 12.4. The number of aryl methyl sites for hydroxylation is 2. The number of carbonyl (C=O) groups is 1. The van der Waals surface area contributed by atoms with Gasteiger partial charge in [-0.25, -0.2) is 4.98 Å². The number of aromatic nitrogens is 2. The molecule has 0 bridgehead atoms. The van der Waals surface area contributed by atoms with Crippen molar-refractivity contribution >= 4 is 5.91 Å². The first-order chi connectivity index (χ1) is 11.6. The smallest absolute Gasteiger partial charge is 0.234 e. The Balaban J connectivity index is 1.58. The molecule has 6 nitrogen and oxygen atoms in total. The summed E-state index contributed by atoms with van der Waals surface area (Å²) in [5.41, 5.74) is 2.34. The SMILES string of the molecule is Cc1cccc(CNC(=O)CN2CCNCC2c2nccn2C)c1. The molecule has 0 radical (unpaired) electrons. The summed E-state index contributed by atoms with van der Waals surface area (Å²) in [6.45, 7) is 5.58. The maximum atomic E-state index is 12.4. The van der Waals surface area contributed by atoms with Crippen LogP contribution in [0.3, 0.4) is 0 Å².